The van der Waals surface area contributed by atoms with Gasteiger partial charge in [0.15, 0.2) is 0 Å². The molecule has 3 heteroatoms. The third-order valence-electron chi connectivity index (χ3n) is 4.12. The molecule has 1 aliphatic carbocycles. The van der Waals surface area contributed by atoms with Crippen LogP contribution in [0.15, 0.2) is 64.8 Å². The minimum atomic E-state index is 0.230. The molecule has 0 saturated carbocycles. The molecular formula is C22H27N3. The van der Waals surface area contributed by atoms with Crippen molar-refractivity contribution in [3.63, 3.8) is 0 Å². The molecule has 0 aromatic carbocycles. The first-order valence-corrected chi connectivity index (χ1v) is 8.87. The maximum atomic E-state index is 4.93. The zero-order valence-corrected chi connectivity index (χ0v) is 15.6. The van der Waals surface area contributed by atoms with Crippen LogP contribution in [0.2, 0.25) is 0 Å². The molecule has 2 rings (SSSR count). The molecule has 0 aliphatic heterocycles. The van der Waals surface area contributed by atoms with Crippen molar-refractivity contribution in [1.82, 2.24) is 4.98 Å². The van der Waals surface area contributed by atoms with Gasteiger partial charge in [0, 0.05) is 36.0 Å². The number of hydrogen-bond acceptors (Lipinski definition) is 2. The summed E-state index contributed by atoms with van der Waals surface area (Å²) in [6.45, 7) is 6.17. The van der Waals surface area contributed by atoms with Crippen LogP contribution in [0.3, 0.4) is 0 Å². The van der Waals surface area contributed by atoms with Crippen molar-refractivity contribution < 1.29 is 0 Å². The minimum absolute atomic E-state index is 0.230. The van der Waals surface area contributed by atoms with Gasteiger partial charge in [-0.05, 0) is 38.8 Å². The standard InChI is InChI=1S/C22H27N3/c1-5-11-18-19(15-16-24-20(18)7-3)21(12-6-2)25-22(23-4)17-13-9-8-10-14-17/h5-6,8-13,15-17H,7,14H2,1-4H3/b11-5-,12-6+,23-22?,25-21?. The molecule has 0 amide bonds. The average Bonchev–Trinajstić information content (AvgIpc) is 2.66. The molecule has 1 aromatic heterocycles. The van der Waals surface area contributed by atoms with E-state index in [1.54, 1.807) is 0 Å². The summed E-state index contributed by atoms with van der Waals surface area (Å²) in [5.41, 5.74) is 4.25. The molecule has 0 fully saturated rings. The Labute approximate surface area is 151 Å². The van der Waals surface area contributed by atoms with E-state index in [4.69, 9.17) is 4.99 Å². The fourth-order valence-corrected chi connectivity index (χ4v) is 2.91. The third-order valence-corrected chi connectivity index (χ3v) is 4.12. The quantitative estimate of drug-likeness (QED) is 0.539. The van der Waals surface area contributed by atoms with E-state index in [2.05, 4.69) is 59.4 Å². The zero-order valence-electron chi connectivity index (χ0n) is 15.6. The number of pyridine rings is 1. The van der Waals surface area contributed by atoms with Crippen LogP contribution in [0.4, 0.5) is 0 Å². The van der Waals surface area contributed by atoms with Crippen molar-refractivity contribution in [2.45, 2.75) is 33.6 Å². The van der Waals surface area contributed by atoms with E-state index in [-0.39, 0.29) is 5.92 Å². The van der Waals surface area contributed by atoms with Crippen LogP contribution in [0.5, 0.6) is 0 Å². The smallest absolute Gasteiger partial charge is 0.130 e. The van der Waals surface area contributed by atoms with Crippen LogP contribution in [0.25, 0.3) is 6.08 Å². The van der Waals surface area contributed by atoms with Crippen molar-refractivity contribution in [2.24, 2.45) is 15.9 Å². The average molecular weight is 333 g/mol. The summed E-state index contributed by atoms with van der Waals surface area (Å²) >= 11 is 0. The van der Waals surface area contributed by atoms with Gasteiger partial charge >= 0.3 is 0 Å². The van der Waals surface area contributed by atoms with Gasteiger partial charge in [0.25, 0.3) is 0 Å². The molecule has 25 heavy (non-hydrogen) atoms. The van der Waals surface area contributed by atoms with E-state index in [9.17, 15) is 0 Å². The van der Waals surface area contributed by atoms with Gasteiger partial charge in [0.05, 0.1) is 5.71 Å². The number of hydrogen-bond donors (Lipinski definition) is 0. The molecular weight excluding hydrogens is 306 g/mol. The lowest BCUT2D eigenvalue weighted by molar-refractivity contribution is 0.856. The lowest BCUT2D eigenvalue weighted by atomic mass is 9.97. The summed E-state index contributed by atoms with van der Waals surface area (Å²) in [6.07, 6.45) is 20.4. The largest absolute Gasteiger partial charge is 0.273 e. The third kappa shape index (κ3) is 4.72. The lowest BCUT2D eigenvalue weighted by Gasteiger charge is -2.15. The SMILES string of the molecule is C/C=C\c1c(C(/C=C/C)=NC(=NC)C2C=CC=CC2)ccnc1CC. The molecule has 1 heterocycles. The van der Waals surface area contributed by atoms with Crippen LogP contribution in [-0.2, 0) is 6.42 Å². The molecule has 130 valence electrons. The predicted octanol–water partition coefficient (Wildman–Crippen LogP) is 5.20. The molecule has 3 nitrogen and oxygen atoms in total. The second-order valence-corrected chi connectivity index (χ2v) is 5.81. The topological polar surface area (TPSA) is 37.6 Å². The molecule has 0 N–H and O–H groups in total. The Morgan fingerprint density at radius 3 is 2.72 bits per heavy atom. The van der Waals surface area contributed by atoms with Gasteiger partial charge in [-0.1, -0.05) is 49.5 Å². The first-order chi connectivity index (χ1) is 12.2. The first-order valence-electron chi connectivity index (χ1n) is 8.87. The molecule has 0 spiro atoms. The predicted molar refractivity (Wildman–Crippen MR) is 109 cm³/mol. The minimum Gasteiger partial charge on any atom is -0.273 e. The molecule has 1 atom stereocenters. The van der Waals surface area contributed by atoms with Crippen LogP contribution in [-0.4, -0.2) is 23.6 Å². The number of allylic oxidation sites excluding steroid dienone is 6. The van der Waals surface area contributed by atoms with Gasteiger partial charge in [0.2, 0.25) is 0 Å². The van der Waals surface area contributed by atoms with Crippen molar-refractivity contribution >= 4 is 17.6 Å². The molecule has 1 aromatic rings. The summed E-state index contributed by atoms with van der Waals surface area (Å²) in [4.78, 5) is 13.9. The van der Waals surface area contributed by atoms with Crippen molar-refractivity contribution in [1.29, 1.82) is 0 Å². The van der Waals surface area contributed by atoms with E-state index >= 15 is 0 Å². The Morgan fingerprint density at radius 1 is 1.28 bits per heavy atom. The summed E-state index contributed by atoms with van der Waals surface area (Å²) < 4.78 is 0. The van der Waals surface area contributed by atoms with Crippen LogP contribution < -0.4 is 0 Å². The number of rotatable bonds is 5. The van der Waals surface area contributed by atoms with Gasteiger partial charge in [0.1, 0.15) is 5.84 Å². The van der Waals surface area contributed by atoms with Gasteiger partial charge in [-0.2, -0.15) is 0 Å². The fraction of sp³-hybridized carbons (Fsp3) is 0.318. The first kappa shape index (κ1) is 18.8. The Morgan fingerprint density at radius 2 is 2.12 bits per heavy atom. The van der Waals surface area contributed by atoms with E-state index in [0.29, 0.717) is 0 Å². The highest BCUT2D eigenvalue weighted by atomic mass is 14.9. The van der Waals surface area contributed by atoms with Crippen molar-refractivity contribution in [3.05, 3.63) is 71.6 Å². The van der Waals surface area contributed by atoms with Crippen LogP contribution in [0.1, 0.15) is 44.0 Å². The van der Waals surface area contributed by atoms with Gasteiger partial charge in [-0.15, -0.1) is 0 Å². The normalized spacial score (nSPS) is 18.6. The van der Waals surface area contributed by atoms with E-state index in [0.717, 1.165) is 41.2 Å². The summed E-state index contributed by atoms with van der Waals surface area (Å²) in [5, 5.41) is 0. The van der Waals surface area contributed by atoms with Gasteiger partial charge in [-0.25, -0.2) is 4.99 Å². The summed E-state index contributed by atoms with van der Waals surface area (Å²) in [5.74, 6) is 1.09. The Hall–Kier alpha value is -2.55. The van der Waals surface area contributed by atoms with E-state index in [1.807, 2.05) is 39.2 Å². The highest BCUT2D eigenvalue weighted by molar-refractivity contribution is 6.16. The maximum absolute atomic E-state index is 4.93. The molecule has 0 saturated heterocycles. The molecule has 0 bridgehead atoms. The van der Waals surface area contributed by atoms with Gasteiger partial charge < -0.3 is 0 Å². The Balaban J connectivity index is 2.54. The zero-order chi connectivity index (χ0) is 18.1. The highest BCUT2D eigenvalue weighted by Crippen LogP contribution is 2.20. The number of amidine groups is 1. The number of aliphatic imine (C=N–C) groups is 2. The number of aryl methyl sites for hydroxylation is 1. The van der Waals surface area contributed by atoms with E-state index in [1.165, 1.54) is 0 Å². The van der Waals surface area contributed by atoms with Crippen molar-refractivity contribution in [2.75, 3.05) is 7.05 Å². The molecule has 1 aliphatic rings. The lowest BCUT2D eigenvalue weighted by Crippen LogP contribution is -2.14. The fourth-order valence-electron chi connectivity index (χ4n) is 2.91. The maximum Gasteiger partial charge on any atom is 0.130 e. The number of aromatic nitrogens is 1. The molecule has 1 unspecified atom stereocenters. The van der Waals surface area contributed by atoms with Crippen LogP contribution in [0, 0.1) is 5.92 Å². The number of nitrogens with zero attached hydrogens (tertiary/aromatic N) is 3. The summed E-state index contributed by atoms with van der Waals surface area (Å²) in [6, 6.07) is 2.04. The van der Waals surface area contributed by atoms with E-state index < -0.39 is 0 Å². The summed E-state index contributed by atoms with van der Waals surface area (Å²) in [7, 11) is 1.81. The Bertz CT molecular complexity index is 761. The second-order valence-electron chi connectivity index (χ2n) is 5.81. The molecule has 0 radical (unpaired) electrons. The highest BCUT2D eigenvalue weighted by Gasteiger charge is 2.15. The van der Waals surface area contributed by atoms with Crippen molar-refractivity contribution in [3.8, 4) is 0 Å². The monoisotopic (exact) mass is 333 g/mol. The van der Waals surface area contributed by atoms with Crippen LogP contribution >= 0.6 is 0 Å². The second kappa shape index (κ2) is 9.67. The van der Waals surface area contributed by atoms with Gasteiger partial charge in [-0.3, -0.25) is 9.98 Å². The Kier molecular flexibility index (Phi) is 7.27.